The smallest absolute Gasteiger partial charge is 0.339 e. The Morgan fingerprint density at radius 2 is 1.79 bits per heavy atom. The standard InChI is InChI=1S/C23H24ClN5O4/c1-3-32-23(31)18-8-9-19(25-15(18)2)22(30)29-12-10-28(11-13-29)14-20-26-21(27-33-20)16-4-6-17(24)7-5-16/h4-9H,3,10-14H2,1-2H3. The van der Waals surface area contributed by atoms with Crippen LogP contribution in [-0.4, -0.2) is 69.6 Å². The molecular formula is C23H24ClN5O4. The Morgan fingerprint density at radius 1 is 1.06 bits per heavy atom. The average Bonchev–Trinajstić information content (AvgIpc) is 3.28. The highest BCUT2D eigenvalue weighted by molar-refractivity contribution is 6.30. The van der Waals surface area contributed by atoms with Crippen molar-refractivity contribution in [3.05, 3.63) is 64.3 Å². The van der Waals surface area contributed by atoms with Crippen molar-refractivity contribution < 1.29 is 18.8 Å². The number of halogens is 1. The number of piperazine rings is 1. The van der Waals surface area contributed by atoms with Gasteiger partial charge in [0.2, 0.25) is 11.7 Å². The summed E-state index contributed by atoms with van der Waals surface area (Å²) in [6.07, 6.45) is 0. The minimum absolute atomic E-state index is 0.157. The maximum absolute atomic E-state index is 12.9. The topological polar surface area (TPSA) is 102 Å². The molecular weight excluding hydrogens is 446 g/mol. The largest absolute Gasteiger partial charge is 0.462 e. The lowest BCUT2D eigenvalue weighted by Gasteiger charge is -2.33. The summed E-state index contributed by atoms with van der Waals surface area (Å²) < 4.78 is 10.4. The summed E-state index contributed by atoms with van der Waals surface area (Å²) in [5.74, 6) is 0.445. The quantitative estimate of drug-likeness (QED) is 0.507. The van der Waals surface area contributed by atoms with E-state index in [2.05, 4.69) is 20.0 Å². The number of ether oxygens (including phenoxy) is 1. The molecule has 172 valence electrons. The monoisotopic (exact) mass is 469 g/mol. The lowest BCUT2D eigenvalue weighted by Crippen LogP contribution is -2.48. The number of nitrogens with zero attached hydrogens (tertiary/aromatic N) is 5. The zero-order valence-electron chi connectivity index (χ0n) is 18.5. The molecule has 0 spiro atoms. The number of pyridine rings is 1. The Morgan fingerprint density at radius 3 is 2.45 bits per heavy atom. The van der Waals surface area contributed by atoms with Crippen LogP contribution in [0.25, 0.3) is 11.4 Å². The van der Waals surface area contributed by atoms with Gasteiger partial charge in [0.25, 0.3) is 5.91 Å². The number of carbonyl (C=O) groups is 2. The van der Waals surface area contributed by atoms with E-state index in [0.717, 1.165) is 5.56 Å². The molecule has 0 saturated carbocycles. The number of hydrogen-bond acceptors (Lipinski definition) is 8. The van der Waals surface area contributed by atoms with Crippen molar-refractivity contribution >= 4 is 23.5 Å². The van der Waals surface area contributed by atoms with Crippen molar-refractivity contribution in [3.63, 3.8) is 0 Å². The van der Waals surface area contributed by atoms with E-state index in [0.29, 0.717) is 66.4 Å². The summed E-state index contributed by atoms with van der Waals surface area (Å²) in [4.78, 5) is 37.5. The van der Waals surface area contributed by atoms with Crippen molar-refractivity contribution in [2.75, 3.05) is 32.8 Å². The van der Waals surface area contributed by atoms with Gasteiger partial charge in [-0.3, -0.25) is 9.69 Å². The van der Waals surface area contributed by atoms with Gasteiger partial charge < -0.3 is 14.2 Å². The third-order valence-corrected chi connectivity index (χ3v) is 5.64. The van der Waals surface area contributed by atoms with Crippen molar-refractivity contribution in [3.8, 4) is 11.4 Å². The van der Waals surface area contributed by atoms with E-state index in [1.54, 1.807) is 43.0 Å². The molecule has 1 aliphatic heterocycles. The first-order valence-electron chi connectivity index (χ1n) is 10.7. The van der Waals surface area contributed by atoms with Crippen molar-refractivity contribution in [1.82, 2.24) is 24.9 Å². The van der Waals surface area contributed by atoms with Crippen LogP contribution in [0.5, 0.6) is 0 Å². The molecule has 0 N–H and O–H groups in total. The molecule has 1 saturated heterocycles. The first-order valence-corrected chi connectivity index (χ1v) is 11.1. The normalized spacial score (nSPS) is 14.3. The minimum Gasteiger partial charge on any atom is -0.462 e. The van der Waals surface area contributed by atoms with Gasteiger partial charge in [-0.05, 0) is 50.2 Å². The van der Waals surface area contributed by atoms with E-state index >= 15 is 0 Å². The van der Waals surface area contributed by atoms with Gasteiger partial charge >= 0.3 is 5.97 Å². The van der Waals surface area contributed by atoms with Crippen molar-refractivity contribution in [1.29, 1.82) is 0 Å². The van der Waals surface area contributed by atoms with E-state index in [-0.39, 0.29) is 12.5 Å². The van der Waals surface area contributed by atoms with E-state index in [1.807, 2.05) is 12.1 Å². The lowest BCUT2D eigenvalue weighted by molar-refractivity contribution is 0.0522. The molecule has 1 aliphatic rings. The first-order chi connectivity index (χ1) is 15.9. The Labute approximate surface area is 196 Å². The number of amides is 1. The molecule has 0 bridgehead atoms. The highest BCUT2D eigenvalue weighted by atomic mass is 35.5. The van der Waals surface area contributed by atoms with Gasteiger partial charge in [-0.25, -0.2) is 9.78 Å². The molecule has 1 aromatic carbocycles. The van der Waals surface area contributed by atoms with Crippen LogP contribution in [0.2, 0.25) is 5.02 Å². The summed E-state index contributed by atoms with van der Waals surface area (Å²) in [5, 5.41) is 4.69. The van der Waals surface area contributed by atoms with Gasteiger partial charge in [0.05, 0.1) is 24.4 Å². The molecule has 1 fully saturated rings. The van der Waals surface area contributed by atoms with Crippen LogP contribution in [0, 0.1) is 6.92 Å². The molecule has 0 radical (unpaired) electrons. The molecule has 3 heterocycles. The predicted molar refractivity (Wildman–Crippen MR) is 121 cm³/mol. The number of esters is 1. The number of aryl methyl sites for hydroxylation is 1. The molecule has 33 heavy (non-hydrogen) atoms. The highest BCUT2D eigenvalue weighted by Crippen LogP contribution is 2.19. The van der Waals surface area contributed by atoms with Crippen LogP contribution in [0.1, 0.15) is 39.4 Å². The van der Waals surface area contributed by atoms with Gasteiger partial charge in [0.1, 0.15) is 5.69 Å². The van der Waals surface area contributed by atoms with Gasteiger partial charge in [-0.2, -0.15) is 4.98 Å². The summed E-state index contributed by atoms with van der Waals surface area (Å²) in [6.45, 7) is 6.69. The van der Waals surface area contributed by atoms with E-state index in [1.165, 1.54) is 0 Å². The maximum atomic E-state index is 12.9. The van der Waals surface area contributed by atoms with Crippen molar-refractivity contribution in [2.45, 2.75) is 20.4 Å². The fourth-order valence-electron chi connectivity index (χ4n) is 3.60. The summed E-state index contributed by atoms with van der Waals surface area (Å²) in [6, 6.07) is 10.4. The average molecular weight is 470 g/mol. The molecule has 10 heteroatoms. The molecule has 4 rings (SSSR count). The van der Waals surface area contributed by atoms with E-state index in [4.69, 9.17) is 20.9 Å². The fraction of sp³-hybridized carbons (Fsp3) is 0.348. The predicted octanol–water partition coefficient (Wildman–Crippen LogP) is 3.23. The summed E-state index contributed by atoms with van der Waals surface area (Å²) in [5.41, 5.74) is 2.00. The fourth-order valence-corrected chi connectivity index (χ4v) is 3.73. The lowest BCUT2D eigenvalue weighted by atomic mass is 10.1. The van der Waals surface area contributed by atoms with Gasteiger partial charge in [-0.15, -0.1) is 0 Å². The highest BCUT2D eigenvalue weighted by Gasteiger charge is 2.25. The summed E-state index contributed by atoms with van der Waals surface area (Å²) in [7, 11) is 0. The molecule has 2 aromatic heterocycles. The Bertz CT molecular complexity index is 1140. The van der Waals surface area contributed by atoms with E-state index in [9.17, 15) is 9.59 Å². The minimum atomic E-state index is -0.435. The molecule has 9 nitrogen and oxygen atoms in total. The van der Waals surface area contributed by atoms with Gasteiger partial charge in [0, 0.05) is 36.8 Å². The number of rotatable bonds is 6. The number of benzene rings is 1. The van der Waals surface area contributed by atoms with Crippen LogP contribution in [-0.2, 0) is 11.3 Å². The zero-order valence-corrected chi connectivity index (χ0v) is 19.2. The van der Waals surface area contributed by atoms with Crippen molar-refractivity contribution in [2.24, 2.45) is 0 Å². The summed E-state index contributed by atoms with van der Waals surface area (Å²) >= 11 is 5.92. The molecule has 0 atom stereocenters. The molecule has 3 aromatic rings. The number of aromatic nitrogens is 3. The second kappa shape index (κ2) is 10.1. The molecule has 0 unspecified atom stereocenters. The SMILES string of the molecule is CCOC(=O)c1ccc(C(=O)N2CCN(Cc3nc(-c4ccc(Cl)cc4)no3)CC2)nc1C. The second-order valence-corrected chi connectivity index (χ2v) is 8.07. The van der Waals surface area contributed by atoms with Crippen LogP contribution in [0.15, 0.2) is 40.9 Å². The Kier molecular flexibility index (Phi) is 7.00. The first kappa shape index (κ1) is 22.9. The second-order valence-electron chi connectivity index (χ2n) is 7.64. The third kappa shape index (κ3) is 5.37. The van der Waals surface area contributed by atoms with Crippen LogP contribution >= 0.6 is 11.6 Å². The van der Waals surface area contributed by atoms with E-state index < -0.39 is 5.97 Å². The third-order valence-electron chi connectivity index (χ3n) is 5.39. The van der Waals surface area contributed by atoms with Crippen LogP contribution in [0.4, 0.5) is 0 Å². The Balaban J connectivity index is 1.32. The molecule has 1 amide bonds. The van der Waals surface area contributed by atoms with Crippen LogP contribution in [0.3, 0.4) is 0 Å². The van der Waals surface area contributed by atoms with Gasteiger partial charge in [0.15, 0.2) is 0 Å². The number of hydrogen-bond donors (Lipinski definition) is 0. The van der Waals surface area contributed by atoms with Crippen LogP contribution < -0.4 is 0 Å². The zero-order chi connectivity index (χ0) is 23.4. The maximum Gasteiger partial charge on any atom is 0.339 e. The Hall–Kier alpha value is -3.30. The van der Waals surface area contributed by atoms with Gasteiger partial charge in [-0.1, -0.05) is 16.8 Å². The molecule has 0 aliphatic carbocycles. The number of carbonyl (C=O) groups excluding carboxylic acids is 2.